The molecule has 0 fully saturated rings. The average molecular weight is 453 g/mol. The van der Waals surface area contributed by atoms with E-state index >= 15 is 0 Å². The molecule has 3 aromatic rings. The van der Waals surface area contributed by atoms with E-state index in [0.717, 1.165) is 23.5 Å². The van der Waals surface area contributed by atoms with Gasteiger partial charge < -0.3 is 10.1 Å². The number of carbonyl (C=O) groups is 1. The minimum Gasteiger partial charge on any atom is -0.497 e. The van der Waals surface area contributed by atoms with Crippen LogP contribution in [0.5, 0.6) is 5.75 Å². The Bertz CT molecular complexity index is 1150. The van der Waals surface area contributed by atoms with Gasteiger partial charge in [-0.3, -0.25) is 4.79 Å². The topological polar surface area (TPSA) is 85.4 Å². The Labute approximate surface area is 176 Å². The van der Waals surface area contributed by atoms with Crippen molar-refractivity contribution in [2.45, 2.75) is 17.7 Å². The number of ether oxygens (including phenoxy) is 1. The van der Waals surface area contributed by atoms with E-state index in [1.807, 2.05) is 0 Å². The quantitative estimate of drug-likeness (QED) is 0.551. The Balaban J connectivity index is 1.53. The van der Waals surface area contributed by atoms with Crippen molar-refractivity contribution in [3.05, 3.63) is 59.5 Å². The van der Waals surface area contributed by atoms with Crippen LogP contribution in [0.4, 0.5) is 13.9 Å². The number of rotatable bonds is 8. The summed E-state index contributed by atoms with van der Waals surface area (Å²) >= 11 is 1.13. The number of sulfone groups is 1. The van der Waals surface area contributed by atoms with Gasteiger partial charge in [0.2, 0.25) is 5.91 Å². The number of aromatic nitrogens is 1. The second-order valence-corrected chi connectivity index (χ2v) is 9.28. The molecule has 10 heteroatoms. The summed E-state index contributed by atoms with van der Waals surface area (Å²) in [4.78, 5) is 16.4. The van der Waals surface area contributed by atoms with E-state index in [1.54, 1.807) is 17.5 Å². The van der Waals surface area contributed by atoms with Crippen LogP contribution in [0.3, 0.4) is 0 Å². The molecular formula is C20H18F2N2O4S2. The normalized spacial score (nSPS) is 11.3. The van der Waals surface area contributed by atoms with Crippen LogP contribution in [-0.4, -0.2) is 32.2 Å². The van der Waals surface area contributed by atoms with Crippen molar-refractivity contribution in [1.82, 2.24) is 4.98 Å². The lowest BCUT2D eigenvalue weighted by atomic mass is 10.2. The van der Waals surface area contributed by atoms with Gasteiger partial charge in [-0.2, -0.15) is 0 Å². The molecule has 3 rings (SSSR count). The molecule has 1 N–H and O–H groups in total. The molecule has 0 aliphatic rings. The van der Waals surface area contributed by atoms with Gasteiger partial charge in [-0.1, -0.05) is 0 Å². The molecule has 2 aromatic carbocycles. The Morgan fingerprint density at radius 3 is 2.53 bits per heavy atom. The van der Waals surface area contributed by atoms with Gasteiger partial charge in [0.1, 0.15) is 5.75 Å². The van der Waals surface area contributed by atoms with E-state index in [-0.39, 0.29) is 34.5 Å². The van der Waals surface area contributed by atoms with Gasteiger partial charge in [0.25, 0.3) is 0 Å². The van der Waals surface area contributed by atoms with Crippen molar-refractivity contribution in [3.8, 4) is 17.0 Å². The van der Waals surface area contributed by atoms with Crippen LogP contribution in [-0.2, 0) is 14.6 Å². The summed E-state index contributed by atoms with van der Waals surface area (Å²) < 4.78 is 56.1. The summed E-state index contributed by atoms with van der Waals surface area (Å²) in [6.45, 7) is 0. The SMILES string of the molecule is COc1ccc(S(=O)(=O)CCCC(=O)Nc2nc(-c3ccc(F)c(F)c3)cs2)cc1. The zero-order chi connectivity index (χ0) is 21.7. The first-order valence-electron chi connectivity index (χ1n) is 8.86. The van der Waals surface area contributed by atoms with Gasteiger partial charge >= 0.3 is 0 Å². The molecule has 0 radical (unpaired) electrons. The number of thiazole rings is 1. The van der Waals surface area contributed by atoms with E-state index in [1.165, 1.54) is 25.3 Å². The van der Waals surface area contributed by atoms with Gasteiger partial charge in [0, 0.05) is 17.4 Å². The molecule has 0 atom stereocenters. The Morgan fingerprint density at radius 2 is 1.87 bits per heavy atom. The van der Waals surface area contributed by atoms with Crippen molar-refractivity contribution < 1.29 is 26.7 Å². The molecule has 0 aliphatic heterocycles. The van der Waals surface area contributed by atoms with E-state index < -0.39 is 21.5 Å². The number of anilines is 1. The summed E-state index contributed by atoms with van der Waals surface area (Å²) in [5.74, 6) is -1.94. The molecule has 0 saturated heterocycles. The predicted octanol–water partition coefficient (Wildman–Crippen LogP) is 4.29. The third kappa shape index (κ3) is 5.39. The summed E-state index contributed by atoms with van der Waals surface area (Å²) in [6.07, 6.45) is 0.136. The third-order valence-electron chi connectivity index (χ3n) is 4.20. The monoisotopic (exact) mass is 452 g/mol. The second kappa shape index (κ2) is 9.31. The number of halogens is 2. The molecule has 0 saturated carbocycles. The third-order valence-corrected chi connectivity index (χ3v) is 6.78. The Hall–Kier alpha value is -2.85. The number of amides is 1. The average Bonchev–Trinajstić information content (AvgIpc) is 3.18. The maximum atomic E-state index is 13.4. The van der Waals surface area contributed by atoms with Gasteiger partial charge in [-0.15, -0.1) is 11.3 Å². The first-order chi connectivity index (χ1) is 14.3. The van der Waals surface area contributed by atoms with Crippen LogP contribution in [0.1, 0.15) is 12.8 Å². The maximum absolute atomic E-state index is 13.4. The lowest BCUT2D eigenvalue weighted by Crippen LogP contribution is -2.14. The largest absolute Gasteiger partial charge is 0.497 e. The van der Waals surface area contributed by atoms with Crippen molar-refractivity contribution in [3.63, 3.8) is 0 Å². The lowest BCUT2D eigenvalue weighted by molar-refractivity contribution is -0.116. The van der Waals surface area contributed by atoms with E-state index in [4.69, 9.17) is 4.74 Å². The second-order valence-electron chi connectivity index (χ2n) is 6.31. The number of carbonyl (C=O) groups excluding carboxylic acids is 1. The van der Waals surface area contributed by atoms with Gasteiger partial charge in [-0.05, 0) is 48.9 Å². The molecule has 1 amide bonds. The highest BCUT2D eigenvalue weighted by atomic mass is 32.2. The van der Waals surface area contributed by atoms with Crippen molar-refractivity contribution in [1.29, 1.82) is 0 Å². The highest BCUT2D eigenvalue weighted by Gasteiger charge is 2.16. The zero-order valence-electron chi connectivity index (χ0n) is 15.9. The molecule has 1 aromatic heterocycles. The van der Waals surface area contributed by atoms with Crippen molar-refractivity contribution in [2.75, 3.05) is 18.2 Å². The minimum absolute atomic E-state index is 0.00449. The first-order valence-corrected chi connectivity index (χ1v) is 11.4. The molecular weight excluding hydrogens is 434 g/mol. The molecule has 6 nitrogen and oxygen atoms in total. The number of methoxy groups -OCH3 is 1. The predicted molar refractivity (Wildman–Crippen MR) is 110 cm³/mol. The van der Waals surface area contributed by atoms with Crippen molar-refractivity contribution in [2.24, 2.45) is 0 Å². The van der Waals surface area contributed by atoms with Crippen LogP contribution >= 0.6 is 11.3 Å². The van der Waals surface area contributed by atoms with Gasteiger partial charge in [0.05, 0.1) is 23.5 Å². The molecule has 1 heterocycles. The highest BCUT2D eigenvalue weighted by Crippen LogP contribution is 2.26. The number of hydrogen-bond donors (Lipinski definition) is 1. The summed E-state index contributed by atoms with van der Waals surface area (Å²) in [6, 6.07) is 9.47. The number of nitrogens with one attached hydrogen (secondary N) is 1. The Kier molecular flexibility index (Phi) is 6.78. The standard InChI is InChI=1S/C20H18F2N2O4S2/c1-28-14-5-7-15(8-6-14)30(26,27)10-2-3-19(25)24-20-23-18(12-29-20)13-4-9-16(21)17(22)11-13/h4-9,11-12H,2-3,10H2,1H3,(H,23,24,25). The van der Waals surface area contributed by atoms with Crippen LogP contribution in [0.25, 0.3) is 11.3 Å². The van der Waals surface area contributed by atoms with Gasteiger partial charge in [0.15, 0.2) is 26.6 Å². The molecule has 0 unspecified atom stereocenters. The maximum Gasteiger partial charge on any atom is 0.226 e. The number of nitrogens with zero attached hydrogens (tertiary/aromatic N) is 1. The van der Waals surface area contributed by atoms with Crippen LogP contribution in [0, 0.1) is 11.6 Å². The number of benzene rings is 2. The fraction of sp³-hybridized carbons (Fsp3) is 0.200. The fourth-order valence-corrected chi connectivity index (χ4v) is 4.67. The first kappa shape index (κ1) is 21.8. The lowest BCUT2D eigenvalue weighted by Gasteiger charge is -2.06. The van der Waals surface area contributed by atoms with E-state index in [0.29, 0.717) is 17.0 Å². The Morgan fingerprint density at radius 1 is 1.13 bits per heavy atom. The van der Waals surface area contributed by atoms with E-state index in [2.05, 4.69) is 10.3 Å². The minimum atomic E-state index is -3.51. The van der Waals surface area contributed by atoms with Crippen LogP contribution in [0.15, 0.2) is 52.7 Å². The molecule has 158 valence electrons. The van der Waals surface area contributed by atoms with Gasteiger partial charge in [-0.25, -0.2) is 22.2 Å². The smallest absolute Gasteiger partial charge is 0.226 e. The summed E-state index contributed by atoms with van der Waals surface area (Å²) in [7, 11) is -2.02. The zero-order valence-corrected chi connectivity index (χ0v) is 17.5. The fourth-order valence-electron chi connectivity index (χ4n) is 2.62. The summed E-state index contributed by atoms with van der Waals surface area (Å²) in [5, 5.41) is 4.49. The molecule has 0 spiro atoms. The number of hydrogen-bond acceptors (Lipinski definition) is 6. The van der Waals surface area contributed by atoms with Crippen molar-refractivity contribution >= 4 is 32.2 Å². The molecule has 0 aliphatic carbocycles. The molecule has 30 heavy (non-hydrogen) atoms. The van der Waals surface area contributed by atoms with Crippen LogP contribution in [0.2, 0.25) is 0 Å². The molecule has 0 bridgehead atoms. The highest BCUT2D eigenvalue weighted by molar-refractivity contribution is 7.91. The van der Waals surface area contributed by atoms with E-state index in [9.17, 15) is 22.0 Å². The van der Waals surface area contributed by atoms with Crippen LogP contribution < -0.4 is 10.1 Å². The summed E-state index contributed by atoms with van der Waals surface area (Å²) in [5.41, 5.74) is 0.785.